The van der Waals surface area contributed by atoms with Gasteiger partial charge in [0.05, 0.1) is 12.5 Å². The number of rotatable bonds is 5. The van der Waals surface area contributed by atoms with E-state index in [0.717, 1.165) is 11.4 Å². The van der Waals surface area contributed by atoms with Crippen LogP contribution in [0.3, 0.4) is 0 Å². The summed E-state index contributed by atoms with van der Waals surface area (Å²) in [5, 5.41) is 2.93. The lowest BCUT2D eigenvalue weighted by Gasteiger charge is -2.30. The maximum absolute atomic E-state index is 12.3. The normalized spacial score (nSPS) is 15.0. The molecule has 2 amide bonds. The predicted octanol–water partition coefficient (Wildman–Crippen LogP) is 1.63. The largest absolute Gasteiger partial charge is 0.466 e. The van der Waals surface area contributed by atoms with E-state index in [-0.39, 0.29) is 17.9 Å². The number of ether oxygens (including phenoxy) is 1. The fraction of sp³-hybridized carbons (Fsp3) is 0.588. The third-order valence-corrected chi connectivity index (χ3v) is 4.11. The first kappa shape index (κ1) is 18.0. The van der Waals surface area contributed by atoms with Gasteiger partial charge in [0.25, 0.3) is 0 Å². The Bertz CT molecular complexity index is 569. The van der Waals surface area contributed by atoms with Crippen LogP contribution >= 0.6 is 0 Å². The molecule has 0 aliphatic carbocycles. The molecule has 132 valence electrons. The Morgan fingerprint density at radius 2 is 2.08 bits per heavy atom. The highest BCUT2D eigenvalue weighted by Crippen LogP contribution is 2.18. The molecule has 1 saturated heterocycles. The Morgan fingerprint density at radius 3 is 2.71 bits per heavy atom. The van der Waals surface area contributed by atoms with E-state index in [0.29, 0.717) is 39.1 Å². The molecule has 2 rings (SSSR count). The van der Waals surface area contributed by atoms with Gasteiger partial charge < -0.3 is 19.9 Å². The van der Waals surface area contributed by atoms with Crippen molar-refractivity contribution in [1.29, 1.82) is 0 Å². The van der Waals surface area contributed by atoms with Crippen molar-refractivity contribution in [1.82, 2.24) is 15.2 Å². The van der Waals surface area contributed by atoms with Crippen LogP contribution in [0, 0.1) is 5.92 Å². The number of urea groups is 1. The van der Waals surface area contributed by atoms with Crippen LogP contribution in [0.25, 0.3) is 0 Å². The van der Waals surface area contributed by atoms with Crippen LogP contribution in [0.5, 0.6) is 0 Å². The Labute approximate surface area is 143 Å². The molecule has 1 fully saturated rings. The minimum absolute atomic E-state index is 0.0863. The second kappa shape index (κ2) is 8.52. The van der Waals surface area contributed by atoms with Crippen molar-refractivity contribution in [2.45, 2.75) is 26.3 Å². The van der Waals surface area contributed by atoms with Crippen LogP contribution in [0.1, 0.15) is 25.3 Å². The lowest BCUT2D eigenvalue weighted by atomic mass is 9.97. The van der Waals surface area contributed by atoms with E-state index < -0.39 is 0 Å². The van der Waals surface area contributed by atoms with Gasteiger partial charge in [-0.15, -0.1) is 0 Å². The molecule has 1 aliphatic heterocycles. The number of hydrogen-bond acceptors (Lipinski definition) is 5. The minimum Gasteiger partial charge on any atom is -0.466 e. The number of nitrogens with zero attached hydrogens (tertiary/aromatic N) is 3. The number of nitrogens with one attached hydrogen (secondary N) is 1. The number of likely N-dealkylation sites (tertiary alicyclic amines) is 1. The zero-order chi connectivity index (χ0) is 17.5. The van der Waals surface area contributed by atoms with Crippen molar-refractivity contribution in [3.63, 3.8) is 0 Å². The number of piperidine rings is 1. The summed E-state index contributed by atoms with van der Waals surface area (Å²) in [5.41, 5.74) is 1.00. The molecular weight excluding hydrogens is 308 g/mol. The predicted molar refractivity (Wildman–Crippen MR) is 91.7 cm³/mol. The average Bonchev–Trinajstić information content (AvgIpc) is 2.60. The van der Waals surface area contributed by atoms with Crippen molar-refractivity contribution in [2.75, 3.05) is 38.7 Å². The van der Waals surface area contributed by atoms with Gasteiger partial charge in [-0.3, -0.25) is 4.79 Å². The highest BCUT2D eigenvalue weighted by atomic mass is 16.5. The third kappa shape index (κ3) is 4.84. The van der Waals surface area contributed by atoms with Crippen LogP contribution in [0.4, 0.5) is 10.6 Å². The molecule has 0 bridgehead atoms. The number of anilines is 1. The van der Waals surface area contributed by atoms with Crippen LogP contribution in [-0.2, 0) is 16.1 Å². The van der Waals surface area contributed by atoms with Crippen LogP contribution in [0.15, 0.2) is 18.3 Å². The number of hydrogen-bond donors (Lipinski definition) is 1. The van der Waals surface area contributed by atoms with Gasteiger partial charge in [0.1, 0.15) is 5.82 Å². The first-order chi connectivity index (χ1) is 11.5. The summed E-state index contributed by atoms with van der Waals surface area (Å²) in [7, 11) is 3.86. The van der Waals surface area contributed by atoms with Crippen LogP contribution in [0.2, 0.25) is 0 Å². The summed E-state index contributed by atoms with van der Waals surface area (Å²) >= 11 is 0. The van der Waals surface area contributed by atoms with E-state index in [1.54, 1.807) is 18.0 Å². The smallest absolute Gasteiger partial charge is 0.317 e. The molecule has 0 spiro atoms. The molecule has 0 atom stereocenters. The van der Waals surface area contributed by atoms with E-state index in [4.69, 9.17) is 4.74 Å². The highest BCUT2D eigenvalue weighted by Gasteiger charge is 2.28. The van der Waals surface area contributed by atoms with Gasteiger partial charge in [0, 0.05) is 39.9 Å². The third-order valence-electron chi connectivity index (χ3n) is 4.11. The van der Waals surface area contributed by atoms with Crippen molar-refractivity contribution in [3.8, 4) is 0 Å². The molecule has 1 aromatic rings. The van der Waals surface area contributed by atoms with E-state index in [2.05, 4.69) is 10.3 Å². The Kier molecular flexibility index (Phi) is 6.40. The molecule has 24 heavy (non-hydrogen) atoms. The average molecular weight is 334 g/mol. The molecule has 2 heterocycles. The summed E-state index contributed by atoms with van der Waals surface area (Å²) in [6.45, 7) is 3.82. The minimum atomic E-state index is -0.148. The highest BCUT2D eigenvalue weighted by molar-refractivity contribution is 5.76. The first-order valence-corrected chi connectivity index (χ1v) is 8.33. The van der Waals surface area contributed by atoms with E-state index in [1.165, 1.54) is 0 Å². The van der Waals surface area contributed by atoms with Gasteiger partial charge in [0.15, 0.2) is 0 Å². The molecule has 7 heteroatoms. The maximum Gasteiger partial charge on any atom is 0.317 e. The van der Waals surface area contributed by atoms with Gasteiger partial charge in [-0.1, -0.05) is 0 Å². The van der Waals surface area contributed by atoms with Gasteiger partial charge in [0.2, 0.25) is 0 Å². The van der Waals surface area contributed by atoms with Gasteiger partial charge in [-0.05, 0) is 37.5 Å². The molecule has 0 aromatic carbocycles. The Morgan fingerprint density at radius 1 is 1.38 bits per heavy atom. The summed E-state index contributed by atoms with van der Waals surface area (Å²) in [6.07, 6.45) is 3.06. The zero-order valence-electron chi connectivity index (χ0n) is 14.6. The van der Waals surface area contributed by atoms with Crippen LogP contribution < -0.4 is 10.2 Å². The second-order valence-electron chi connectivity index (χ2n) is 6.09. The standard InChI is InChI=1S/C17H26N4O3/c1-4-24-16(22)14-6-9-21(10-7-14)17(23)19-12-13-5-8-18-15(11-13)20(2)3/h5,8,11,14H,4,6-7,9-10,12H2,1-3H3,(H,19,23). The van der Waals surface area contributed by atoms with Crippen molar-refractivity contribution in [2.24, 2.45) is 5.92 Å². The lowest BCUT2D eigenvalue weighted by Crippen LogP contribution is -2.45. The van der Waals surface area contributed by atoms with Gasteiger partial charge in [-0.2, -0.15) is 0 Å². The topological polar surface area (TPSA) is 74.8 Å². The van der Waals surface area contributed by atoms with E-state index in [1.807, 2.05) is 31.1 Å². The lowest BCUT2D eigenvalue weighted by molar-refractivity contribution is -0.149. The van der Waals surface area contributed by atoms with E-state index >= 15 is 0 Å². The maximum atomic E-state index is 12.3. The monoisotopic (exact) mass is 334 g/mol. The fourth-order valence-electron chi connectivity index (χ4n) is 2.68. The quantitative estimate of drug-likeness (QED) is 0.829. The number of esters is 1. The molecule has 1 aliphatic rings. The molecule has 1 aromatic heterocycles. The van der Waals surface area contributed by atoms with E-state index in [9.17, 15) is 9.59 Å². The number of aromatic nitrogens is 1. The first-order valence-electron chi connectivity index (χ1n) is 8.33. The SMILES string of the molecule is CCOC(=O)C1CCN(C(=O)NCc2ccnc(N(C)C)c2)CC1. The second-order valence-corrected chi connectivity index (χ2v) is 6.09. The molecular formula is C17H26N4O3. The summed E-state index contributed by atoms with van der Waals surface area (Å²) < 4.78 is 5.04. The fourth-order valence-corrected chi connectivity index (χ4v) is 2.68. The molecule has 0 radical (unpaired) electrons. The Hall–Kier alpha value is -2.31. The van der Waals surface area contributed by atoms with Gasteiger partial charge in [-0.25, -0.2) is 9.78 Å². The molecule has 7 nitrogen and oxygen atoms in total. The summed E-state index contributed by atoms with van der Waals surface area (Å²) in [5.74, 6) is 0.624. The number of amides is 2. The number of carbonyl (C=O) groups excluding carboxylic acids is 2. The number of carbonyl (C=O) groups is 2. The zero-order valence-corrected chi connectivity index (χ0v) is 14.6. The van der Waals surface area contributed by atoms with Crippen molar-refractivity contribution in [3.05, 3.63) is 23.9 Å². The molecule has 0 unspecified atom stereocenters. The van der Waals surface area contributed by atoms with Crippen molar-refractivity contribution < 1.29 is 14.3 Å². The summed E-state index contributed by atoms with van der Waals surface area (Å²) in [6, 6.07) is 3.74. The van der Waals surface area contributed by atoms with Crippen LogP contribution in [-0.4, -0.2) is 55.7 Å². The molecule has 0 saturated carbocycles. The van der Waals surface area contributed by atoms with Crippen molar-refractivity contribution >= 4 is 17.8 Å². The van der Waals surface area contributed by atoms with Gasteiger partial charge >= 0.3 is 12.0 Å². The Balaban J connectivity index is 1.80. The number of pyridine rings is 1. The summed E-state index contributed by atoms with van der Waals surface area (Å²) in [4.78, 5) is 31.9. The molecule has 1 N–H and O–H groups in total.